The number of nitrogens with one attached hydrogen (secondary N) is 1. The number of aryl methyl sites for hydroxylation is 1. The zero-order chi connectivity index (χ0) is 21.1. The molecule has 3 heterocycles. The minimum atomic E-state index is -0.212. The summed E-state index contributed by atoms with van der Waals surface area (Å²) < 4.78 is 7.24. The van der Waals surface area contributed by atoms with Crippen LogP contribution in [0.15, 0.2) is 47.3 Å². The first-order valence-electron chi connectivity index (χ1n) is 10.5. The lowest BCUT2D eigenvalue weighted by Crippen LogP contribution is -2.34. The van der Waals surface area contributed by atoms with Gasteiger partial charge in [0.25, 0.3) is 5.91 Å². The van der Waals surface area contributed by atoms with Gasteiger partial charge in [-0.2, -0.15) is 0 Å². The molecule has 0 aliphatic carbocycles. The van der Waals surface area contributed by atoms with Gasteiger partial charge in [-0.05, 0) is 30.0 Å². The molecule has 30 heavy (non-hydrogen) atoms. The summed E-state index contributed by atoms with van der Waals surface area (Å²) in [6.07, 6.45) is 3.81. The van der Waals surface area contributed by atoms with E-state index in [0.717, 1.165) is 44.2 Å². The van der Waals surface area contributed by atoms with Gasteiger partial charge < -0.3 is 14.3 Å². The molecule has 0 saturated carbocycles. The lowest BCUT2D eigenvalue weighted by molar-refractivity contribution is 0.0921. The SMILES string of the molecule is Cc1ccccc1CN1CCc2nnc([C@H](NC(=O)c3ccoc3)C(C)C)n2CC1. The minimum absolute atomic E-state index is 0.158. The van der Waals surface area contributed by atoms with Crippen molar-refractivity contribution >= 4 is 5.91 Å². The van der Waals surface area contributed by atoms with Gasteiger partial charge in [0.05, 0.1) is 17.9 Å². The fraction of sp³-hybridized carbons (Fsp3) is 0.435. The Morgan fingerprint density at radius 3 is 2.73 bits per heavy atom. The van der Waals surface area contributed by atoms with Gasteiger partial charge in [-0.3, -0.25) is 9.69 Å². The second kappa shape index (κ2) is 8.83. The third-order valence-electron chi connectivity index (χ3n) is 5.82. The Labute approximate surface area is 177 Å². The summed E-state index contributed by atoms with van der Waals surface area (Å²) in [6.45, 7) is 9.95. The molecule has 1 amide bonds. The maximum Gasteiger partial charge on any atom is 0.255 e. The summed E-state index contributed by atoms with van der Waals surface area (Å²) in [6, 6.07) is 10.0. The number of rotatable bonds is 6. The van der Waals surface area contributed by atoms with Crippen molar-refractivity contribution in [2.75, 3.05) is 13.1 Å². The fourth-order valence-corrected chi connectivity index (χ4v) is 3.95. The molecule has 158 valence electrons. The summed E-state index contributed by atoms with van der Waals surface area (Å²) in [5, 5.41) is 12.1. The molecule has 0 saturated heterocycles. The van der Waals surface area contributed by atoms with Crippen molar-refractivity contribution in [1.29, 1.82) is 0 Å². The van der Waals surface area contributed by atoms with E-state index in [1.165, 1.54) is 23.7 Å². The maximum absolute atomic E-state index is 12.6. The fourth-order valence-electron chi connectivity index (χ4n) is 3.95. The molecule has 1 aromatic carbocycles. The van der Waals surface area contributed by atoms with Crippen molar-refractivity contribution in [2.24, 2.45) is 5.92 Å². The third kappa shape index (κ3) is 4.31. The van der Waals surface area contributed by atoms with Crippen LogP contribution in [0.2, 0.25) is 0 Å². The van der Waals surface area contributed by atoms with Gasteiger partial charge in [-0.1, -0.05) is 38.1 Å². The van der Waals surface area contributed by atoms with Gasteiger partial charge in [0.15, 0.2) is 5.82 Å². The molecule has 0 spiro atoms. The van der Waals surface area contributed by atoms with Gasteiger partial charge in [0.1, 0.15) is 12.1 Å². The number of nitrogens with zero attached hydrogens (tertiary/aromatic N) is 4. The van der Waals surface area contributed by atoms with Crippen LogP contribution < -0.4 is 5.32 Å². The number of hydrogen-bond acceptors (Lipinski definition) is 5. The molecule has 0 fully saturated rings. The van der Waals surface area contributed by atoms with E-state index >= 15 is 0 Å². The van der Waals surface area contributed by atoms with E-state index in [1.54, 1.807) is 6.07 Å². The molecule has 1 atom stereocenters. The van der Waals surface area contributed by atoms with Crippen LogP contribution in [-0.4, -0.2) is 38.7 Å². The maximum atomic E-state index is 12.6. The topological polar surface area (TPSA) is 76.2 Å². The summed E-state index contributed by atoms with van der Waals surface area (Å²) in [5.74, 6) is 1.84. The number of carbonyl (C=O) groups excluding carboxylic acids is 1. The van der Waals surface area contributed by atoms with E-state index in [1.807, 2.05) is 0 Å². The third-order valence-corrected chi connectivity index (χ3v) is 5.82. The molecule has 0 radical (unpaired) electrons. The molecule has 1 aliphatic heterocycles. The van der Waals surface area contributed by atoms with Crippen molar-refractivity contribution in [1.82, 2.24) is 25.0 Å². The van der Waals surface area contributed by atoms with Crippen LogP contribution in [0.4, 0.5) is 0 Å². The number of furan rings is 1. The Kier molecular flexibility index (Phi) is 5.99. The molecular formula is C23H29N5O2. The Morgan fingerprint density at radius 1 is 1.17 bits per heavy atom. The zero-order valence-electron chi connectivity index (χ0n) is 17.8. The predicted molar refractivity (Wildman–Crippen MR) is 114 cm³/mol. The Morgan fingerprint density at radius 2 is 2.00 bits per heavy atom. The quantitative estimate of drug-likeness (QED) is 0.678. The monoisotopic (exact) mass is 407 g/mol. The zero-order valence-corrected chi connectivity index (χ0v) is 17.8. The molecule has 4 rings (SSSR count). The smallest absolute Gasteiger partial charge is 0.255 e. The summed E-state index contributed by atoms with van der Waals surface area (Å²) in [5.41, 5.74) is 3.20. The highest BCUT2D eigenvalue weighted by Gasteiger charge is 2.28. The minimum Gasteiger partial charge on any atom is -0.472 e. The Bertz CT molecular complexity index is 993. The van der Waals surface area contributed by atoms with Crippen LogP contribution in [0.5, 0.6) is 0 Å². The van der Waals surface area contributed by atoms with Gasteiger partial charge in [-0.15, -0.1) is 10.2 Å². The number of fused-ring (bicyclic) bond motifs is 1. The highest BCUT2D eigenvalue weighted by molar-refractivity contribution is 5.94. The summed E-state index contributed by atoms with van der Waals surface area (Å²) in [7, 11) is 0. The second-order valence-electron chi connectivity index (χ2n) is 8.29. The molecule has 0 bridgehead atoms. The first-order chi connectivity index (χ1) is 14.5. The van der Waals surface area contributed by atoms with Gasteiger partial charge in [-0.25, -0.2) is 0 Å². The molecule has 3 aromatic rings. The summed E-state index contributed by atoms with van der Waals surface area (Å²) >= 11 is 0. The molecular weight excluding hydrogens is 378 g/mol. The van der Waals surface area contributed by atoms with Crippen molar-refractivity contribution in [3.63, 3.8) is 0 Å². The average Bonchev–Trinajstić information content (AvgIpc) is 3.36. The number of carbonyl (C=O) groups is 1. The van der Waals surface area contributed by atoms with Crippen LogP contribution in [0, 0.1) is 12.8 Å². The van der Waals surface area contributed by atoms with Crippen molar-refractivity contribution < 1.29 is 9.21 Å². The van der Waals surface area contributed by atoms with E-state index in [0.29, 0.717) is 5.56 Å². The van der Waals surface area contributed by atoms with Crippen LogP contribution in [0.25, 0.3) is 0 Å². The molecule has 2 aromatic heterocycles. The summed E-state index contributed by atoms with van der Waals surface area (Å²) in [4.78, 5) is 15.1. The first kappa shape index (κ1) is 20.3. The first-order valence-corrected chi connectivity index (χ1v) is 10.5. The van der Waals surface area contributed by atoms with E-state index in [2.05, 4.69) is 70.0 Å². The Hall–Kier alpha value is -2.93. The molecule has 0 unspecified atom stereocenters. The van der Waals surface area contributed by atoms with Crippen LogP contribution in [0.3, 0.4) is 0 Å². The van der Waals surface area contributed by atoms with E-state index < -0.39 is 0 Å². The van der Waals surface area contributed by atoms with Crippen molar-refractivity contribution in [2.45, 2.75) is 46.3 Å². The lowest BCUT2D eigenvalue weighted by Gasteiger charge is -2.23. The number of benzene rings is 1. The standard InChI is InChI=1S/C23H29N5O2/c1-16(2)21(24-23(29)19-9-13-30-15-19)22-26-25-20-8-10-27(11-12-28(20)22)14-18-7-5-4-6-17(18)3/h4-7,9,13,15-16,21H,8,10-12,14H2,1-3H3,(H,24,29)/t21-/m1/s1. The average molecular weight is 408 g/mol. The lowest BCUT2D eigenvalue weighted by atomic mass is 10.0. The van der Waals surface area contributed by atoms with E-state index in [-0.39, 0.29) is 17.9 Å². The molecule has 1 N–H and O–H groups in total. The van der Waals surface area contributed by atoms with Crippen molar-refractivity contribution in [3.8, 4) is 0 Å². The predicted octanol–water partition coefficient (Wildman–Crippen LogP) is 3.36. The van der Waals surface area contributed by atoms with Gasteiger partial charge in [0.2, 0.25) is 0 Å². The largest absolute Gasteiger partial charge is 0.472 e. The normalized spacial score (nSPS) is 15.6. The highest BCUT2D eigenvalue weighted by Crippen LogP contribution is 2.23. The van der Waals surface area contributed by atoms with Gasteiger partial charge >= 0.3 is 0 Å². The molecule has 1 aliphatic rings. The van der Waals surface area contributed by atoms with Crippen LogP contribution in [-0.2, 0) is 19.5 Å². The van der Waals surface area contributed by atoms with Crippen LogP contribution >= 0.6 is 0 Å². The number of amides is 1. The van der Waals surface area contributed by atoms with Crippen molar-refractivity contribution in [3.05, 3.63) is 71.2 Å². The van der Waals surface area contributed by atoms with Crippen LogP contribution in [0.1, 0.15) is 53.0 Å². The number of aromatic nitrogens is 3. The highest BCUT2D eigenvalue weighted by atomic mass is 16.3. The van der Waals surface area contributed by atoms with Gasteiger partial charge in [0, 0.05) is 32.6 Å². The number of hydrogen-bond donors (Lipinski definition) is 1. The Balaban J connectivity index is 1.49. The van der Waals surface area contributed by atoms with E-state index in [4.69, 9.17) is 4.42 Å². The van der Waals surface area contributed by atoms with E-state index in [9.17, 15) is 4.79 Å². The second-order valence-corrected chi connectivity index (χ2v) is 8.29. The molecule has 7 nitrogen and oxygen atoms in total. The molecule has 7 heteroatoms.